The van der Waals surface area contributed by atoms with Crippen molar-refractivity contribution in [3.63, 3.8) is 0 Å². The maximum Gasteiger partial charge on any atom is 0.221 e. The number of hydrogen-bond donors (Lipinski definition) is 4. The summed E-state index contributed by atoms with van der Waals surface area (Å²) < 4.78 is 1.15. The van der Waals surface area contributed by atoms with Crippen LogP contribution in [0, 0.1) is 5.41 Å². The summed E-state index contributed by atoms with van der Waals surface area (Å²) in [6.45, 7) is 0. The Labute approximate surface area is 154 Å². The fourth-order valence-corrected chi connectivity index (χ4v) is 3.71. The lowest BCUT2D eigenvalue weighted by molar-refractivity contribution is 1.18. The summed E-state index contributed by atoms with van der Waals surface area (Å²) in [6.07, 6.45) is 1.59. The first kappa shape index (κ1) is 16.0. The highest BCUT2D eigenvalue weighted by Gasteiger charge is 2.13. The first-order valence-corrected chi connectivity index (χ1v) is 8.75. The molecule has 0 radical (unpaired) electrons. The van der Waals surface area contributed by atoms with Gasteiger partial charge in [-0.05, 0) is 41.8 Å². The molecule has 4 rings (SSSR count). The van der Waals surface area contributed by atoms with E-state index in [4.69, 9.17) is 16.9 Å². The van der Waals surface area contributed by atoms with Crippen LogP contribution in [-0.4, -0.2) is 15.7 Å². The monoisotopic (exact) mass is 360 g/mol. The second-order valence-corrected chi connectivity index (χ2v) is 6.83. The topological polar surface area (TPSA) is 114 Å². The zero-order chi connectivity index (χ0) is 18.1. The van der Waals surface area contributed by atoms with Crippen LogP contribution in [0.5, 0.6) is 0 Å². The Balaban J connectivity index is 1.68. The van der Waals surface area contributed by atoms with E-state index >= 15 is 0 Å². The molecule has 0 spiro atoms. The molecule has 2 aromatic carbocycles. The average Bonchev–Trinajstić information content (AvgIpc) is 3.07. The second-order valence-electron chi connectivity index (χ2n) is 5.75. The summed E-state index contributed by atoms with van der Waals surface area (Å²) in [7, 11) is 0. The Hall–Kier alpha value is -3.45. The molecule has 0 saturated heterocycles. The zero-order valence-electron chi connectivity index (χ0n) is 13.7. The molecule has 0 aliphatic heterocycles. The van der Waals surface area contributed by atoms with Crippen molar-refractivity contribution in [1.29, 1.82) is 5.41 Å². The summed E-state index contributed by atoms with van der Waals surface area (Å²) in [5.41, 5.74) is 14.1. The van der Waals surface area contributed by atoms with Crippen molar-refractivity contribution in [3.8, 4) is 0 Å². The number of aromatic nitrogens is 2. The van der Waals surface area contributed by atoms with E-state index in [0.29, 0.717) is 22.8 Å². The maximum absolute atomic E-state index is 8.61. The van der Waals surface area contributed by atoms with Crippen LogP contribution < -0.4 is 16.8 Å². The number of benzene rings is 2. The first-order chi connectivity index (χ1) is 12.6. The number of anilines is 4. The summed E-state index contributed by atoms with van der Waals surface area (Å²) in [4.78, 5) is 8.88. The predicted molar refractivity (Wildman–Crippen MR) is 108 cm³/mol. The minimum atomic E-state index is 0.198. The van der Waals surface area contributed by atoms with Gasteiger partial charge in [-0.1, -0.05) is 18.2 Å². The second kappa shape index (κ2) is 6.45. The van der Waals surface area contributed by atoms with E-state index in [0.717, 1.165) is 20.7 Å². The largest absolute Gasteiger partial charge is 0.398 e. The van der Waals surface area contributed by atoms with Gasteiger partial charge in [-0.25, -0.2) is 4.98 Å². The molecule has 0 aliphatic rings. The summed E-state index contributed by atoms with van der Waals surface area (Å²) in [5, 5.41) is 12.9. The molecule has 6 nitrogen and oxygen atoms in total. The Morgan fingerprint density at radius 1 is 1.04 bits per heavy atom. The Morgan fingerprint density at radius 3 is 2.69 bits per heavy atom. The lowest BCUT2D eigenvalue weighted by Crippen LogP contribution is -2.05. The summed E-state index contributed by atoms with van der Waals surface area (Å²) >= 11 is 1.58. The predicted octanol–water partition coefficient (Wildman–Crippen LogP) is 4.02. The van der Waals surface area contributed by atoms with Gasteiger partial charge in [0.25, 0.3) is 0 Å². The minimum absolute atomic E-state index is 0.198. The van der Waals surface area contributed by atoms with E-state index in [2.05, 4.69) is 21.4 Å². The number of fused-ring (bicyclic) bond motifs is 1. The molecular formula is C19H16N6S. The van der Waals surface area contributed by atoms with Gasteiger partial charge in [-0.15, -0.1) is 11.3 Å². The smallest absolute Gasteiger partial charge is 0.221 e. The summed E-state index contributed by atoms with van der Waals surface area (Å²) in [6, 6.07) is 17.3. The van der Waals surface area contributed by atoms with Crippen LogP contribution in [0.25, 0.3) is 10.1 Å². The van der Waals surface area contributed by atoms with Crippen molar-refractivity contribution in [2.75, 3.05) is 16.8 Å². The number of thiophene rings is 1. The van der Waals surface area contributed by atoms with Gasteiger partial charge in [0.1, 0.15) is 5.82 Å². The van der Waals surface area contributed by atoms with Crippen LogP contribution >= 0.6 is 11.3 Å². The number of nitrogens with two attached hydrogens (primary N) is 2. The highest BCUT2D eigenvalue weighted by Crippen LogP contribution is 2.30. The summed E-state index contributed by atoms with van der Waals surface area (Å²) in [5.74, 6) is 0.783. The van der Waals surface area contributed by atoms with Crippen LogP contribution in [0.1, 0.15) is 10.4 Å². The number of nitrogens with zero attached hydrogens (tertiary/aromatic N) is 2. The molecule has 0 amide bonds. The first-order valence-electron chi connectivity index (χ1n) is 7.93. The third-order valence-electron chi connectivity index (χ3n) is 3.94. The average molecular weight is 360 g/mol. The lowest BCUT2D eigenvalue weighted by atomic mass is 10.1. The molecule has 0 bridgehead atoms. The third-order valence-corrected chi connectivity index (χ3v) is 5.07. The van der Waals surface area contributed by atoms with Crippen molar-refractivity contribution < 1.29 is 0 Å². The normalized spacial score (nSPS) is 10.8. The van der Waals surface area contributed by atoms with Crippen molar-refractivity contribution >= 4 is 50.3 Å². The molecule has 26 heavy (non-hydrogen) atoms. The van der Waals surface area contributed by atoms with E-state index < -0.39 is 0 Å². The number of rotatable bonds is 4. The highest BCUT2D eigenvalue weighted by molar-refractivity contribution is 7.21. The molecular weight excluding hydrogens is 344 g/mol. The minimum Gasteiger partial charge on any atom is -0.398 e. The quantitative estimate of drug-likeness (QED) is 0.324. The maximum atomic E-state index is 8.61. The van der Waals surface area contributed by atoms with Crippen molar-refractivity contribution in [1.82, 2.24) is 9.97 Å². The van der Waals surface area contributed by atoms with E-state index in [9.17, 15) is 0 Å². The van der Waals surface area contributed by atoms with Crippen LogP contribution in [0.15, 0.2) is 60.8 Å². The zero-order valence-corrected chi connectivity index (χ0v) is 14.5. The Bertz CT molecular complexity index is 1080. The lowest BCUT2D eigenvalue weighted by Gasteiger charge is -2.11. The van der Waals surface area contributed by atoms with E-state index in [1.807, 2.05) is 36.4 Å². The third kappa shape index (κ3) is 3.07. The highest BCUT2D eigenvalue weighted by atomic mass is 32.1. The van der Waals surface area contributed by atoms with Gasteiger partial charge in [0.05, 0.1) is 10.6 Å². The van der Waals surface area contributed by atoms with Crippen LogP contribution in [0.2, 0.25) is 0 Å². The number of nitrogen functional groups attached to an aromatic ring is 2. The number of nitrogens with one attached hydrogen (secondary N) is 2. The van der Waals surface area contributed by atoms with Gasteiger partial charge < -0.3 is 16.8 Å². The fraction of sp³-hybridized carbons (Fsp3) is 0. The van der Waals surface area contributed by atoms with E-state index in [1.54, 1.807) is 29.7 Å². The molecule has 0 atom stereocenters. The van der Waals surface area contributed by atoms with Crippen molar-refractivity contribution in [2.24, 2.45) is 0 Å². The van der Waals surface area contributed by atoms with Gasteiger partial charge in [0.2, 0.25) is 5.95 Å². The molecule has 2 aromatic heterocycles. The standard InChI is InChI=1S/C19H16N6S/c20-14-6-5-12(24-17-7-8-23-19(22)25-17)10-13(14)18(21)16-9-11-3-1-2-4-15(11)26-16/h1-10,21H,20H2,(H3,22,23,24,25). The van der Waals surface area contributed by atoms with Gasteiger partial charge in [0, 0.05) is 27.8 Å². The number of hydrogen-bond acceptors (Lipinski definition) is 7. The molecule has 128 valence electrons. The van der Waals surface area contributed by atoms with Crippen molar-refractivity contribution in [2.45, 2.75) is 0 Å². The molecule has 0 fully saturated rings. The molecule has 2 heterocycles. The van der Waals surface area contributed by atoms with E-state index in [1.165, 1.54) is 0 Å². The molecule has 7 heteroatoms. The fourth-order valence-electron chi connectivity index (χ4n) is 2.68. The Morgan fingerprint density at radius 2 is 1.88 bits per heavy atom. The molecule has 6 N–H and O–H groups in total. The van der Waals surface area contributed by atoms with Gasteiger partial charge in [-0.2, -0.15) is 4.98 Å². The van der Waals surface area contributed by atoms with Gasteiger partial charge in [0.15, 0.2) is 0 Å². The molecule has 0 saturated carbocycles. The van der Waals surface area contributed by atoms with Crippen molar-refractivity contribution in [3.05, 3.63) is 71.2 Å². The van der Waals surface area contributed by atoms with Gasteiger partial charge in [-0.3, -0.25) is 5.41 Å². The van der Waals surface area contributed by atoms with Crippen LogP contribution in [-0.2, 0) is 0 Å². The van der Waals surface area contributed by atoms with Crippen LogP contribution in [0.3, 0.4) is 0 Å². The molecule has 0 aliphatic carbocycles. The van der Waals surface area contributed by atoms with E-state index in [-0.39, 0.29) is 5.95 Å². The molecule has 4 aromatic rings. The SMILES string of the molecule is N=C(c1cc2ccccc2s1)c1cc(Nc2ccnc(N)n2)ccc1N. The molecule has 0 unspecified atom stereocenters. The van der Waals surface area contributed by atoms with Gasteiger partial charge >= 0.3 is 0 Å². The Kier molecular flexibility index (Phi) is 3.98. The van der Waals surface area contributed by atoms with Crippen LogP contribution in [0.4, 0.5) is 23.1 Å².